The molecule has 0 heterocycles. The van der Waals surface area contributed by atoms with E-state index >= 15 is 0 Å². The molecule has 0 fully saturated rings. The normalized spacial score (nSPS) is 9.80. The first kappa shape index (κ1) is 11.8. The summed E-state index contributed by atoms with van der Waals surface area (Å²) in [5.74, 6) is 7.00. The van der Waals surface area contributed by atoms with Gasteiger partial charge < -0.3 is 5.32 Å². The molecule has 0 aliphatic heterocycles. The first-order valence-corrected chi connectivity index (χ1v) is 5.53. The molecule has 0 atom stereocenters. The summed E-state index contributed by atoms with van der Waals surface area (Å²) in [6, 6.07) is 10.1. The molecule has 15 heavy (non-hydrogen) atoms. The summed E-state index contributed by atoms with van der Waals surface area (Å²) in [6.45, 7) is 6.30. The van der Waals surface area contributed by atoms with Gasteiger partial charge in [0.15, 0.2) is 0 Å². The van der Waals surface area contributed by atoms with Crippen LogP contribution in [0.4, 0.5) is 0 Å². The van der Waals surface area contributed by atoms with Crippen LogP contribution in [0, 0.1) is 17.8 Å². The van der Waals surface area contributed by atoms with E-state index in [4.69, 9.17) is 0 Å². The van der Waals surface area contributed by atoms with Gasteiger partial charge in [-0.3, -0.25) is 0 Å². The highest BCUT2D eigenvalue weighted by molar-refractivity contribution is 5.33. The van der Waals surface area contributed by atoms with Crippen molar-refractivity contribution in [1.82, 2.24) is 5.32 Å². The lowest BCUT2D eigenvalue weighted by Gasteiger charge is -2.02. The minimum absolute atomic E-state index is 0.764. The summed E-state index contributed by atoms with van der Waals surface area (Å²) in [5.41, 5.74) is 1.09. The maximum atomic E-state index is 3.31. The second-order valence-electron chi connectivity index (χ2n) is 4.03. The van der Waals surface area contributed by atoms with E-state index in [1.165, 1.54) is 6.42 Å². The highest BCUT2D eigenvalue weighted by Gasteiger charge is 1.90. The molecular weight excluding hydrogens is 182 g/mol. The van der Waals surface area contributed by atoms with Crippen LogP contribution in [0.1, 0.15) is 25.8 Å². The Balaban J connectivity index is 2.18. The van der Waals surface area contributed by atoms with Crippen LogP contribution in [0.3, 0.4) is 0 Å². The summed E-state index contributed by atoms with van der Waals surface area (Å²) < 4.78 is 0. The van der Waals surface area contributed by atoms with E-state index in [1.54, 1.807) is 0 Å². The summed E-state index contributed by atoms with van der Waals surface area (Å²) in [4.78, 5) is 0. The zero-order valence-corrected chi connectivity index (χ0v) is 9.59. The Morgan fingerprint density at radius 2 is 1.93 bits per heavy atom. The zero-order chi connectivity index (χ0) is 10.9. The Hall–Kier alpha value is -1.26. The lowest BCUT2D eigenvalue weighted by molar-refractivity contribution is 0.554. The van der Waals surface area contributed by atoms with E-state index in [2.05, 4.69) is 31.0 Å². The second kappa shape index (κ2) is 7.09. The highest BCUT2D eigenvalue weighted by Crippen LogP contribution is 1.96. The fourth-order valence-electron chi connectivity index (χ4n) is 1.21. The third-order valence-corrected chi connectivity index (χ3v) is 2.12. The molecule has 0 bridgehead atoms. The third-order valence-electron chi connectivity index (χ3n) is 2.12. The Morgan fingerprint density at radius 3 is 2.60 bits per heavy atom. The predicted octanol–water partition coefficient (Wildman–Crippen LogP) is 2.67. The van der Waals surface area contributed by atoms with Gasteiger partial charge in [-0.1, -0.05) is 43.9 Å². The van der Waals surface area contributed by atoms with Gasteiger partial charge >= 0.3 is 0 Å². The van der Waals surface area contributed by atoms with Gasteiger partial charge in [-0.05, 0) is 31.0 Å². The minimum atomic E-state index is 0.764. The summed E-state index contributed by atoms with van der Waals surface area (Å²) >= 11 is 0. The van der Waals surface area contributed by atoms with Crippen LogP contribution in [-0.4, -0.2) is 13.1 Å². The summed E-state index contributed by atoms with van der Waals surface area (Å²) in [5, 5.41) is 3.31. The van der Waals surface area contributed by atoms with Gasteiger partial charge in [0.05, 0.1) is 6.54 Å². The molecule has 0 unspecified atom stereocenters. The molecule has 0 aromatic heterocycles. The van der Waals surface area contributed by atoms with E-state index in [1.807, 2.05) is 30.3 Å². The molecule has 0 saturated carbocycles. The zero-order valence-electron chi connectivity index (χ0n) is 9.59. The maximum absolute atomic E-state index is 3.31. The van der Waals surface area contributed by atoms with Crippen LogP contribution >= 0.6 is 0 Å². The molecule has 1 heteroatoms. The van der Waals surface area contributed by atoms with Crippen LogP contribution in [0.25, 0.3) is 0 Å². The fourth-order valence-corrected chi connectivity index (χ4v) is 1.21. The van der Waals surface area contributed by atoms with Crippen molar-refractivity contribution in [1.29, 1.82) is 0 Å². The third kappa shape index (κ3) is 5.93. The molecule has 0 spiro atoms. The van der Waals surface area contributed by atoms with Crippen molar-refractivity contribution < 1.29 is 0 Å². The van der Waals surface area contributed by atoms with Crippen LogP contribution in [-0.2, 0) is 0 Å². The molecular formula is C14H19N. The number of hydrogen-bond acceptors (Lipinski definition) is 1. The summed E-state index contributed by atoms with van der Waals surface area (Å²) in [7, 11) is 0. The SMILES string of the molecule is CC(C)CCNCC#Cc1ccccc1. The summed E-state index contributed by atoms with van der Waals surface area (Å²) in [6.07, 6.45) is 1.22. The largest absolute Gasteiger partial charge is 0.306 e. The van der Waals surface area contributed by atoms with Crippen molar-refractivity contribution in [3.05, 3.63) is 35.9 Å². The second-order valence-corrected chi connectivity index (χ2v) is 4.03. The van der Waals surface area contributed by atoms with Gasteiger partial charge in [0.1, 0.15) is 0 Å². The van der Waals surface area contributed by atoms with Crippen molar-refractivity contribution in [3.8, 4) is 11.8 Å². The first-order chi connectivity index (χ1) is 7.29. The van der Waals surface area contributed by atoms with E-state index in [0.29, 0.717) is 0 Å². The molecule has 1 nitrogen and oxygen atoms in total. The lowest BCUT2D eigenvalue weighted by atomic mass is 10.1. The van der Waals surface area contributed by atoms with Gasteiger partial charge in [-0.15, -0.1) is 0 Å². The van der Waals surface area contributed by atoms with Crippen LogP contribution in [0.2, 0.25) is 0 Å². The monoisotopic (exact) mass is 201 g/mol. The van der Waals surface area contributed by atoms with E-state index in [-0.39, 0.29) is 0 Å². The molecule has 1 aromatic rings. The van der Waals surface area contributed by atoms with Gasteiger partial charge in [0.2, 0.25) is 0 Å². The average Bonchev–Trinajstić information content (AvgIpc) is 2.24. The Bertz CT molecular complexity index is 316. The Kier molecular flexibility index (Phi) is 5.58. The fraction of sp³-hybridized carbons (Fsp3) is 0.429. The van der Waals surface area contributed by atoms with Crippen molar-refractivity contribution in [2.24, 2.45) is 5.92 Å². The smallest absolute Gasteiger partial charge is 0.0580 e. The van der Waals surface area contributed by atoms with E-state index < -0.39 is 0 Å². The van der Waals surface area contributed by atoms with Gasteiger partial charge in [0, 0.05) is 5.56 Å². The van der Waals surface area contributed by atoms with Crippen LogP contribution in [0.5, 0.6) is 0 Å². The topological polar surface area (TPSA) is 12.0 Å². The number of benzene rings is 1. The number of hydrogen-bond donors (Lipinski definition) is 1. The predicted molar refractivity (Wildman–Crippen MR) is 65.6 cm³/mol. The van der Waals surface area contributed by atoms with Crippen molar-refractivity contribution in [2.75, 3.05) is 13.1 Å². The van der Waals surface area contributed by atoms with Gasteiger partial charge in [-0.2, -0.15) is 0 Å². The molecule has 0 aliphatic carbocycles. The molecule has 1 aromatic carbocycles. The Morgan fingerprint density at radius 1 is 1.20 bits per heavy atom. The number of nitrogens with one attached hydrogen (secondary N) is 1. The molecule has 1 rings (SSSR count). The highest BCUT2D eigenvalue weighted by atomic mass is 14.8. The molecule has 1 N–H and O–H groups in total. The maximum Gasteiger partial charge on any atom is 0.0580 e. The van der Waals surface area contributed by atoms with Crippen molar-refractivity contribution in [2.45, 2.75) is 20.3 Å². The van der Waals surface area contributed by atoms with E-state index in [0.717, 1.165) is 24.6 Å². The first-order valence-electron chi connectivity index (χ1n) is 5.53. The molecule has 0 saturated heterocycles. The molecule has 0 radical (unpaired) electrons. The van der Waals surface area contributed by atoms with Crippen LogP contribution in [0.15, 0.2) is 30.3 Å². The minimum Gasteiger partial charge on any atom is -0.306 e. The molecule has 80 valence electrons. The van der Waals surface area contributed by atoms with Crippen LogP contribution < -0.4 is 5.32 Å². The molecule has 0 amide bonds. The quantitative estimate of drug-likeness (QED) is 0.583. The van der Waals surface area contributed by atoms with Gasteiger partial charge in [0.25, 0.3) is 0 Å². The lowest BCUT2D eigenvalue weighted by Crippen LogP contribution is -2.16. The van der Waals surface area contributed by atoms with E-state index in [9.17, 15) is 0 Å². The average molecular weight is 201 g/mol. The Labute approximate surface area is 92.9 Å². The molecule has 0 aliphatic rings. The number of rotatable bonds is 4. The standard InChI is InChI=1S/C14H19N/c1-13(2)10-12-15-11-6-9-14-7-4-3-5-8-14/h3-5,7-8,13,15H,10-12H2,1-2H3. The van der Waals surface area contributed by atoms with Gasteiger partial charge in [-0.25, -0.2) is 0 Å². The van der Waals surface area contributed by atoms with Crippen molar-refractivity contribution in [3.63, 3.8) is 0 Å². The van der Waals surface area contributed by atoms with Crippen molar-refractivity contribution >= 4 is 0 Å².